The Morgan fingerprint density at radius 1 is 0.343 bits per heavy atom. The molecule has 0 aliphatic carbocycles. The fourth-order valence-electron chi connectivity index (χ4n) is 14.4. The van der Waals surface area contributed by atoms with Crippen LogP contribution in [-0.2, 0) is 47.4 Å². The number of hydrogen-bond acceptors (Lipinski definition) is 16. The van der Waals surface area contributed by atoms with Gasteiger partial charge in [0.2, 0.25) is 0 Å². The number of carbonyl (C=O) groups is 4. The number of carboxylic acids is 2. The van der Waals surface area contributed by atoms with Crippen molar-refractivity contribution in [2.45, 2.75) is 177 Å². The molecule has 18 rings (SSSR count). The quantitative estimate of drug-likeness (QED) is 0.301. The van der Waals surface area contributed by atoms with Gasteiger partial charge in [0.25, 0.3) is 0 Å². The molecule has 18 heteroatoms. The van der Waals surface area contributed by atoms with Crippen LogP contribution in [-0.4, -0.2) is 166 Å². The lowest BCUT2D eigenvalue weighted by Crippen LogP contribution is -2.49. The van der Waals surface area contributed by atoms with Gasteiger partial charge in [0, 0.05) is 47.3 Å². The summed E-state index contributed by atoms with van der Waals surface area (Å²) in [5.41, 5.74) is -0.0162. The fraction of sp³-hybridized carbons (Fsp3) is 0.692. The van der Waals surface area contributed by atoms with Gasteiger partial charge >= 0.3 is 23.9 Å². The molecule has 380 valence electrons. The number of carbonyl (C=O) groups excluding carboxylic acids is 2. The Morgan fingerprint density at radius 2 is 0.586 bits per heavy atom. The number of carboxylic acid groups (broad SMARTS) is 2. The highest BCUT2D eigenvalue weighted by Gasteiger charge is 2.67. The van der Waals surface area contributed by atoms with Crippen molar-refractivity contribution in [3.05, 3.63) is 70.8 Å². The number of rotatable bonds is 6. The molecular weight excluding hydrogens is 913 g/mol. The van der Waals surface area contributed by atoms with Crippen LogP contribution in [0.5, 0.6) is 0 Å². The average molecular weight is 977 g/mol. The molecule has 16 bridgehead atoms. The van der Waals surface area contributed by atoms with Gasteiger partial charge in [0.1, 0.15) is 48.8 Å². The van der Waals surface area contributed by atoms with E-state index >= 15 is 0 Å². The maximum Gasteiger partial charge on any atom is 0.339 e. The van der Waals surface area contributed by atoms with Crippen LogP contribution in [0, 0.1) is 47.3 Å². The minimum absolute atomic E-state index is 0.0359. The molecule has 2 aromatic carbocycles. The Balaban J connectivity index is 0.000000106. The number of aliphatic hydroxyl groups is 2. The van der Waals surface area contributed by atoms with Crippen LogP contribution in [0.3, 0.4) is 0 Å². The summed E-state index contributed by atoms with van der Waals surface area (Å²) in [6, 6.07) is 12.1. The molecule has 5 unspecified atom stereocenters. The van der Waals surface area contributed by atoms with Crippen LogP contribution in [0.4, 0.5) is 0 Å². The lowest BCUT2D eigenvalue weighted by atomic mass is 9.87. The number of ether oxygens (including phenoxy) is 10. The lowest BCUT2D eigenvalue weighted by molar-refractivity contribution is -0.152. The van der Waals surface area contributed by atoms with E-state index in [1.807, 2.05) is 13.8 Å². The molecule has 16 fully saturated rings. The molecule has 0 amide bonds. The first-order chi connectivity index (χ1) is 33.4. The monoisotopic (exact) mass is 976 g/mol. The van der Waals surface area contributed by atoms with Gasteiger partial charge < -0.3 is 67.8 Å². The van der Waals surface area contributed by atoms with Gasteiger partial charge in [-0.1, -0.05) is 79.7 Å². The second-order valence-corrected chi connectivity index (χ2v) is 21.8. The highest BCUT2D eigenvalue weighted by molar-refractivity contribution is 6.03. The van der Waals surface area contributed by atoms with Crippen LogP contribution in [0.2, 0.25) is 0 Å². The van der Waals surface area contributed by atoms with Gasteiger partial charge in [0.05, 0.1) is 83.3 Å². The zero-order chi connectivity index (χ0) is 49.5. The molecular formula is C52H64O18. The van der Waals surface area contributed by atoms with Crippen LogP contribution >= 0.6 is 0 Å². The number of aliphatic hydroxyl groups excluding tert-OH is 2. The first-order valence-corrected chi connectivity index (χ1v) is 25.0. The molecule has 4 N–H and O–H groups in total. The normalized spacial score (nSPS) is 49.7. The SMILES string of the molecule is C[C@@H]1[C@@H]2OC3[C@@H](O)[C@H]1O[C@@H]3[C@H]2C.C[C@@H]1[C@@H]2OC3[C@H]1O[C@H]([C@H]2C)[C@H]3O.C[C@@H]1[C@@H]2OC3[C@H]1O[C@H]([C@H]2C)[C@H]3OC(=O)c1ccccc1C(=O)O.C[C@H]1[C@H]2OC3[C@@H](OC(=O)c4ccccc4C(=O)O)C(O[C@@H]31)[C@@H]2C. The van der Waals surface area contributed by atoms with E-state index in [0.29, 0.717) is 35.9 Å². The van der Waals surface area contributed by atoms with Crippen LogP contribution in [0.1, 0.15) is 96.8 Å². The highest BCUT2D eigenvalue weighted by Crippen LogP contribution is 2.54. The Bertz CT molecular complexity index is 2150. The van der Waals surface area contributed by atoms with Crippen LogP contribution in [0.25, 0.3) is 0 Å². The molecule has 16 aliphatic heterocycles. The minimum atomic E-state index is -1.15. The van der Waals surface area contributed by atoms with Crippen molar-refractivity contribution >= 4 is 23.9 Å². The van der Waals surface area contributed by atoms with Crippen molar-refractivity contribution in [2.75, 3.05) is 0 Å². The molecule has 0 aromatic heterocycles. The molecule has 18 nitrogen and oxygen atoms in total. The molecule has 0 saturated carbocycles. The Morgan fingerprint density at radius 3 is 0.900 bits per heavy atom. The summed E-state index contributed by atoms with van der Waals surface area (Å²) in [5.74, 6) is -1.12. The van der Waals surface area contributed by atoms with Gasteiger partial charge in [-0.25, -0.2) is 19.2 Å². The molecule has 16 saturated heterocycles. The second kappa shape index (κ2) is 17.8. The zero-order valence-corrected chi connectivity index (χ0v) is 40.3. The van der Waals surface area contributed by atoms with Gasteiger partial charge in [-0.05, 0) is 24.3 Å². The van der Waals surface area contributed by atoms with E-state index in [-0.39, 0.29) is 144 Å². The largest absolute Gasteiger partial charge is 0.478 e. The Hall–Kier alpha value is -4.08. The maximum absolute atomic E-state index is 12.5. The minimum Gasteiger partial charge on any atom is -0.478 e. The van der Waals surface area contributed by atoms with E-state index in [0.717, 1.165) is 0 Å². The third kappa shape index (κ3) is 7.32. The molecule has 16 aliphatic rings. The first-order valence-electron chi connectivity index (χ1n) is 25.0. The van der Waals surface area contributed by atoms with E-state index in [1.54, 1.807) is 24.3 Å². The predicted octanol–water partition coefficient (Wildman–Crippen LogP) is 3.80. The average Bonchev–Trinajstić information content (AvgIpc) is 4.18. The van der Waals surface area contributed by atoms with Gasteiger partial charge in [-0.15, -0.1) is 0 Å². The molecule has 0 radical (unpaired) electrons. The van der Waals surface area contributed by atoms with E-state index in [9.17, 15) is 39.6 Å². The van der Waals surface area contributed by atoms with Gasteiger partial charge in [0.15, 0.2) is 12.2 Å². The molecule has 0 spiro atoms. The fourth-order valence-corrected chi connectivity index (χ4v) is 14.4. The van der Waals surface area contributed by atoms with Crippen molar-refractivity contribution in [1.29, 1.82) is 0 Å². The first kappa shape index (κ1) is 48.2. The third-order valence-corrected chi connectivity index (χ3v) is 18.0. The molecule has 2 aromatic rings. The summed E-state index contributed by atoms with van der Waals surface area (Å²) < 4.78 is 58.0. The van der Waals surface area contributed by atoms with Crippen molar-refractivity contribution in [3.8, 4) is 0 Å². The van der Waals surface area contributed by atoms with Crippen molar-refractivity contribution in [2.24, 2.45) is 47.3 Å². The number of esters is 2. The van der Waals surface area contributed by atoms with E-state index < -0.39 is 36.1 Å². The second-order valence-electron chi connectivity index (χ2n) is 21.8. The lowest BCUT2D eigenvalue weighted by Gasteiger charge is -2.38. The summed E-state index contributed by atoms with van der Waals surface area (Å²) in [5, 5.41) is 37.9. The molecule has 16 heterocycles. The predicted molar refractivity (Wildman–Crippen MR) is 240 cm³/mol. The Labute approximate surface area is 405 Å². The third-order valence-electron chi connectivity index (χ3n) is 18.0. The van der Waals surface area contributed by atoms with E-state index in [2.05, 4.69) is 41.5 Å². The zero-order valence-electron chi connectivity index (χ0n) is 40.3. The van der Waals surface area contributed by atoms with Crippen LogP contribution in [0.15, 0.2) is 48.5 Å². The van der Waals surface area contributed by atoms with Gasteiger partial charge in [-0.3, -0.25) is 0 Å². The standard InChI is InChI=1S/2C17H18O6.2C9H14O3/c2*1-7-11-8(2)13-15(14(21-11)12(7)22-13)23-17(20)10-6-4-3-5-9(10)16(18)19;2*1-3-6-4(2)8-9(11-6)5(10)7(3)12-8/h2*3-8,11-15H,1-2H3,(H,18,19);2*3-10H,1-2H3/t7-,8+,11+,12+,13?,14?,15-;7-,8+,11+,12+,13-,14?,15-;2*3-,4+,5+,6+,7+,8-,9?/m0110/s1. The molecule has 70 heavy (non-hydrogen) atoms. The number of benzene rings is 2. The van der Waals surface area contributed by atoms with Crippen molar-refractivity contribution in [3.63, 3.8) is 0 Å². The summed E-state index contributed by atoms with van der Waals surface area (Å²) in [6.45, 7) is 16.8. The number of hydrogen-bond donors (Lipinski definition) is 4. The van der Waals surface area contributed by atoms with Crippen molar-refractivity contribution in [1.82, 2.24) is 0 Å². The summed E-state index contributed by atoms with van der Waals surface area (Å²) in [6.07, 6.45) is -1.44. The van der Waals surface area contributed by atoms with Crippen LogP contribution < -0.4 is 0 Å². The maximum atomic E-state index is 12.5. The molecule has 28 atom stereocenters. The summed E-state index contributed by atoms with van der Waals surface area (Å²) in [7, 11) is 0. The summed E-state index contributed by atoms with van der Waals surface area (Å²) in [4.78, 5) is 47.4. The Kier molecular flexibility index (Phi) is 12.3. The number of aromatic carboxylic acids is 2. The topological polar surface area (TPSA) is 241 Å². The smallest absolute Gasteiger partial charge is 0.339 e. The van der Waals surface area contributed by atoms with Crippen molar-refractivity contribution < 1.29 is 87.0 Å². The van der Waals surface area contributed by atoms with E-state index in [4.69, 9.17) is 47.4 Å². The summed E-state index contributed by atoms with van der Waals surface area (Å²) >= 11 is 0. The van der Waals surface area contributed by atoms with Gasteiger partial charge in [-0.2, -0.15) is 0 Å². The highest BCUT2D eigenvalue weighted by atomic mass is 16.7. The van der Waals surface area contributed by atoms with E-state index in [1.165, 1.54) is 24.3 Å².